The summed E-state index contributed by atoms with van der Waals surface area (Å²) in [5.41, 5.74) is 3.95. The first kappa shape index (κ1) is 25.8. The molecular formula is C31H31N5O4. The lowest BCUT2D eigenvalue weighted by Crippen LogP contribution is -2.48. The summed E-state index contributed by atoms with van der Waals surface area (Å²) in [6.07, 6.45) is 4.02. The summed E-state index contributed by atoms with van der Waals surface area (Å²) in [4.78, 5) is 48.7. The van der Waals surface area contributed by atoms with Crippen LogP contribution in [0.1, 0.15) is 54.5 Å². The summed E-state index contributed by atoms with van der Waals surface area (Å²) in [5.74, 6) is 0.832. The van der Waals surface area contributed by atoms with E-state index < -0.39 is 5.92 Å². The summed E-state index contributed by atoms with van der Waals surface area (Å²) >= 11 is 0. The molecule has 6 rings (SSSR count). The van der Waals surface area contributed by atoms with E-state index in [9.17, 15) is 19.6 Å². The third-order valence-electron chi connectivity index (χ3n) is 8.62. The number of benzene rings is 2. The van der Waals surface area contributed by atoms with Crippen LogP contribution in [-0.2, 0) is 26.2 Å². The molecule has 0 N–H and O–H groups in total. The number of fused-ring (bicyclic) bond motifs is 2. The van der Waals surface area contributed by atoms with Gasteiger partial charge in [-0.15, -0.1) is 0 Å². The zero-order chi connectivity index (χ0) is 28.0. The van der Waals surface area contributed by atoms with Gasteiger partial charge in [0, 0.05) is 69.7 Å². The lowest BCUT2D eigenvalue weighted by atomic mass is 9.74. The quantitative estimate of drug-likeness (QED) is 0.502. The summed E-state index contributed by atoms with van der Waals surface area (Å²) < 4.78 is 5.71. The molecule has 1 spiro atoms. The lowest BCUT2D eigenvalue weighted by molar-refractivity contribution is -0.130. The van der Waals surface area contributed by atoms with E-state index in [2.05, 4.69) is 17.1 Å². The van der Waals surface area contributed by atoms with Crippen molar-refractivity contribution < 1.29 is 18.8 Å². The number of rotatable bonds is 4. The van der Waals surface area contributed by atoms with Gasteiger partial charge in [-0.1, -0.05) is 18.2 Å². The van der Waals surface area contributed by atoms with E-state index >= 15 is 0 Å². The van der Waals surface area contributed by atoms with Crippen LogP contribution in [0.5, 0.6) is 0 Å². The second kappa shape index (κ2) is 9.94. The molecule has 0 aliphatic carbocycles. The van der Waals surface area contributed by atoms with Gasteiger partial charge >= 0.3 is 0 Å². The molecule has 0 bridgehead atoms. The van der Waals surface area contributed by atoms with Crippen LogP contribution >= 0.6 is 0 Å². The number of carbonyl (C=O) groups is 3. The monoisotopic (exact) mass is 537 g/mol. The van der Waals surface area contributed by atoms with Crippen molar-refractivity contribution in [1.29, 1.82) is 5.26 Å². The van der Waals surface area contributed by atoms with E-state index in [1.807, 2.05) is 28.9 Å². The minimum atomic E-state index is -0.476. The van der Waals surface area contributed by atoms with Crippen molar-refractivity contribution in [3.63, 3.8) is 0 Å². The highest BCUT2D eigenvalue weighted by molar-refractivity contribution is 6.05. The van der Waals surface area contributed by atoms with Crippen LogP contribution < -0.4 is 9.80 Å². The first-order valence-corrected chi connectivity index (χ1v) is 13.7. The van der Waals surface area contributed by atoms with Crippen molar-refractivity contribution in [2.75, 3.05) is 36.0 Å². The number of likely N-dealkylation sites (tertiary alicyclic amines) is 1. The minimum absolute atomic E-state index is 0.0574. The fourth-order valence-electron chi connectivity index (χ4n) is 6.47. The average Bonchev–Trinajstić information content (AvgIpc) is 3.64. The number of hydrogen-bond acceptors (Lipinski definition) is 6. The minimum Gasteiger partial charge on any atom is -0.446 e. The Balaban J connectivity index is 1.29. The Kier molecular flexibility index (Phi) is 6.41. The van der Waals surface area contributed by atoms with Crippen LogP contribution in [0.15, 0.2) is 53.1 Å². The number of oxazole rings is 1. The molecule has 2 saturated heterocycles. The molecule has 3 aliphatic heterocycles. The second-order valence-corrected chi connectivity index (χ2v) is 11.2. The summed E-state index contributed by atoms with van der Waals surface area (Å²) in [6.45, 7) is 5.53. The lowest BCUT2D eigenvalue weighted by Gasteiger charge is -2.39. The van der Waals surface area contributed by atoms with Gasteiger partial charge in [-0.2, -0.15) is 5.26 Å². The zero-order valence-electron chi connectivity index (χ0n) is 22.7. The molecule has 3 aliphatic rings. The van der Waals surface area contributed by atoms with Gasteiger partial charge in [0.1, 0.15) is 5.76 Å². The first-order valence-electron chi connectivity index (χ1n) is 13.7. The molecule has 2 fully saturated rings. The third-order valence-corrected chi connectivity index (χ3v) is 8.62. The Hall–Kier alpha value is -4.45. The van der Waals surface area contributed by atoms with E-state index in [0.717, 1.165) is 35.4 Å². The van der Waals surface area contributed by atoms with Gasteiger partial charge in [0.2, 0.25) is 17.7 Å². The highest BCUT2D eigenvalue weighted by atomic mass is 16.4. The van der Waals surface area contributed by atoms with E-state index in [4.69, 9.17) is 4.42 Å². The van der Waals surface area contributed by atoms with E-state index in [-0.39, 0.29) is 36.1 Å². The molecule has 4 heterocycles. The molecule has 1 aromatic heterocycles. The molecule has 2 aromatic carbocycles. The normalized spacial score (nSPS) is 19.7. The van der Waals surface area contributed by atoms with E-state index in [1.165, 1.54) is 0 Å². The Labute approximate surface area is 233 Å². The SMILES string of the molecule is CC(=O)N1CCC2(CC1)CN(C(=O)C1CC(=O)N(c3cccc(C#N)c3)C1)c1ccc(Cc3cnc(C)o3)cc12. The summed E-state index contributed by atoms with van der Waals surface area (Å²) in [5, 5.41) is 9.27. The van der Waals surface area contributed by atoms with Gasteiger partial charge in [-0.3, -0.25) is 14.4 Å². The molecule has 9 nitrogen and oxygen atoms in total. The van der Waals surface area contributed by atoms with Crippen molar-refractivity contribution in [1.82, 2.24) is 9.88 Å². The highest BCUT2D eigenvalue weighted by Crippen LogP contribution is 2.48. The van der Waals surface area contributed by atoms with Crippen LogP contribution in [-0.4, -0.2) is 53.8 Å². The average molecular weight is 538 g/mol. The molecule has 3 amide bonds. The third kappa shape index (κ3) is 4.53. The van der Waals surface area contributed by atoms with Crippen LogP contribution in [0, 0.1) is 24.2 Å². The van der Waals surface area contributed by atoms with Crippen molar-refractivity contribution >= 4 is 29.1 Å². The first-order chi connectivity index (χ1) is 19.3. The largest absolute Gasteiger partial charge is 0.446 e. The number of aromatic nitrogens is 1. The Morgan fingerprint density at radius 2 is 1.98 bits per heavy atom. The predicted octanol–water partition coefficient (Wildman–Crippen LogP) is 3.73. The summed E-state index contributed by atoms with van der Waals surface area (Å²) in [7, 11) is 0. The van der Waals surface area contributed by atoms with Crippen LogP contribution in [0.25, 0.3) is 0 Å². The maximum absolute atomic E-state index is 14.0. The van der Waals surface area contributed by atoms with Crippen LogP contribution in [0.2, 0.25) is 0 Å². The zero-order valence-corrected chi connectivity index (χ0v) is 22.7. The second-order valence-electron chi connectivity index (χ2n) is 11.2. The smallest absolute Gasteiger partial charge is 0.232 e. The molecule has 9 heteroatoms. The molecule has 1 unspecified atom stereocenters. The fraction of sp³-hybridized carbons (Fsp3) is 0.387. The molecule has 0 saturated carbocycles. The van der Waals surface area contributed by atoms with Crippen LogP contribution in [0.3, 0.4) is 0 Å². The van der Waals surface area contributed by atoms with E-state index in [1.54, 1.807) is 42.3 Å². The fourth-order valence-corrected chi connectivity index (χ4v) is 6.47. The van der Waals surface area contributed by atoms with Crippen LogP contribution in [0.4, 0.5) is 11.4 Å². The van der Waals surface area contributed by atoms with Gasteiger partial charge < -0.3 is 19.1 Å². The Bertz CT molecular complexity index is 1540. The number of anilines is 2. The number of hydrogen-bond donors (Lipinski definition) is 0. The molecular weight excluding hydrogens is 506 g/mol. The molecule has 1 atom stereocenters. The number of aryl methyl sites for hydroxylation is 1. The van der Waals surface area contributed by atoms with Gasteiger partial charge in [-0.05, 0) is 48.2 Å². The predicted molar refractivity (Wildman–Crippen MR) is 148 cm³/mol. The van der Waals surface area contributed by atoms with Crippen molar-refractivity contribution in [3.05, 3.63) is 77.0 Å². The molecule has 3 aromatic rings. The number of nitriles is 1. The molecule has 0 radical (unpaired) electrons. The van der Waals surface area contributed by atoms with Gasteiger partial charge in [0.25, 0.3) is 0 Å². The number of amides is 3. The molecule has 204 valence electrons. The Morgan fingerprint density at radius 3 is 2.67 bits per heavy atom. The highest BCUT2D eigenvalue weighted by Gasteiger charge is 2.49. The number of nitrogens with zero attached hydrogens (tertiary/aromatic N) is 5. The van der Waals surface area contributed by atoms with Crippen molar-refractivity contribution in [3.8, 4) is 6.07 Å². The number of piperidine rings is 1. The Morgan fingerprint density at radius 1 is 1.18 bits per heavy atom. The van der Waals surface area contributed by atoms with Crippen molar-refractivity contribution in [2.24, 2.45) is 5.92 Å². The number of carbonyl (C=O) groups excluding carboxylic acids is 3. The van der Waals surface area contributed by atoms with Gasteiger partial charge in [-0.25, -0.2) is 4.98 Å². The van der Waals surface area contributed by atoms with Gasteiger partial charge in [0.05, 0.1) is 23.7 Å². The molecule has 40 heavy (non-hydrogen) atoms. The standard InChI is InChI=1S/C31H31N5O4/c1-20-33-17-26(40-20)13-22-6-7-28-27(14-22)31(8-10-34(11-9-31)21(2)37)19-36(28)30(39)24-15-29(38)35(18-24)25-5-3-4-23(12-25)16-32/h3-7,12,14,17,24H,8-11,13,15,18-19H2,1-2H3. The maximum Gasteiger partial charge on any atom is 0.232 e. The van der Waals surface area contributed by atoms with Gasteiger partial charge in [0.15, 0.2) is 5.89 Å². The van der Waals surface area contributed by atoms with Crippen molar-refractivity contribution in [2.45, 2.75) is 44.9 Å². The maximum atomic E-state index is 14.0. The van der Waals surface area contributed by atoms with E-state index in [0.29, 0.717) is 43.2 Å². The summed E-state index contributed by atoms with van der Waals surface area (Å²) in [6, 6.07) is 15.3. The topological polar surface area (TPSA) is 111 Å².